The van der Waals surface area contributed by atoms with E-state index in [-0.39, 0.29) is 0 Å². The van der Waals surface area contributed by atoms with Crippen LogP contribution < -0.4 is 5.32 Å². The molecule has 19 heavy (non-hydrogen) atoms. The number of nitrogens with one attached hydrogen (secondary N) is 1. The van der Waals surface area contributed by atoms with Crippen LogP contribution in [-0.2, 0) is 0 Å². The van der Waals surface area contributed by atoms with Crippen molar-refractivity contribution >= 4 is 33.9 Å². The summed E-state index contributed by atoms with van der Waals surface area (Å²) >= 11 is 6.05. The summed E-state index contributed by atoms with van der Waals surface area (Å²) in [7, 11) is 0. The van der Waals surface area contributed by atoms with Crippen LogP contribution in [0.5, 0.6) is 0 Å². The molecule has 3 rings (SSSR count). The van der Waals surface area contributed by atoms with E-state index in [1.54, 1.807) is 0 Å². The largest absolute Gasteiger partial charge is 0.338 e. The molecule has 0 saturated carbocycles. The molecule has 1 heterocycles. The van der Waals surface area contributed by atoms with Gasteiger partial charge in [0.2, 0.25) is 0 Å². The third-order valence-electron chi connectivity index (χ3n) is 2.96. The molecule has 0 radical (unpaired) electrons. The Labute approximate surface area is 116 Å². The molecule has 0 unspecified atom stereocenters. The van der Waals surface area contributed by atoms with Crippen LogP contribution in [0, 0.1) is 6.92 Å². The van der Waals surface area contributed by atoms with E-state index in [4.69, 9.17) is 11.6 Å². The summed E-state index contributed by atoms with van der Waals surface area (Å²) in [5, 5.41) is 13.7. The average molecular weight is 270 g/mol. The van der Waals surface area contributed by atoms with Gasteiger partial charge in [0.15, 0.2) is 11.0 Å². The van der Waals surface area contributed by atoms with E-state index in [1.807, 2.05) is 48.5 Å². The predicted molar refractivity (Wildman–Crippen MR) is 79.0 cm³/mol. The van der Waals surface area contributed by atoms with Crippen LogP contribution in [0.1, 0.15) is 5.56 Å². The Kier molecular flexibility index (Phi) is 3.05. The van der Waals surface area contributed by atoms with Gasteiger partial charge in [-0.3, -0.25) is 0 Å². The number of halogens is 1. The highest BCUT2D eigenvalue weighted by molar-refractivity contribution is 6.34. The molecule has 3 aromatic rings. The number of nitrogens with zero attached hydrogens (tertiary/aromatic N) is 2. The van der Waals surface area contributed by atoms with Gasteiger partial charge in [-0.05, 0) is 19.1 Å². The van der Waals surface area contributed by atoms with E-state index in [1.165, 1.54) is 5.56 Å². The molecule has 0 atom stereocenters. The van der Waals surface area contributed by atoms with Crippen molar-refractivity contribution < 1.29 is 0 Å². The highest BCUT2D eigenvalue weighted by Crippen LogP contribution is 2.27. The molecule has 1 N–H and O–H groups in total. The van der Waals surface area contributed by atoms with E-state index in [0.29, 0.717) is 11.0 Å². The molecule has 0 bridgehead atoms. The second kappa shape index (κ2) is 4.86. The molecule has 94 valence electrons. The molecule has 0 saturated heterocycles. The molecule has 0 spiro atoms. The minimum Gasteiger partial charge on any atom is -0.338 e. The maximum Gasteiger partial charge on any atom is 0.161 e. The highest BCUT2D eigenvalue weighted by atomic mass is 35.5. The second-order valence-corrected chi connectivity index (χ2v) is 4.73. The van der Waals surface area contributed by atoms with Gasteiger partial charge in [0, 0.05) is 16.5 Å². The minimum atomic E-state index is 0.421. The zero-order valence-electron chi connectivity index (χ0n) is 10.4. The molecule has 1 aromatic heterocycles. The summed E-state index contributed by atoms with van der Waals surface area (Å²) in [5.74, 6) is 0.712. The van der Waals surface area contributed by atoms with Crippen LogP contribution in [0.4, 0.5) is 11.5 Å². The summed E-state index contributed by atoms with van der Waals surface area (Å²) < 4.78 is 0. The lowest BCUT2D eigenvalue weighted by Gasteiger charge is -2.08. The van der Waals surface area contributed by atoms with Crippen molar-refractivity contribution in [3.63, 3.8) is 0 Å². The number of hydrogen-bond donors (Lipinski definition) is 1. The van der Waals surface area contributed by atoms with Crippen LogP contribution >= 0.6 is 11.6 Å². The van der Waals surface area contributed by atoms with E-state index in [2.05, 4.69) is 22.4 Å². The molecule has 4 heteroatoms. The average Bonchev–Trinajstić information content (AvgIpc) is 2.45. The van der Waals surface area contributed by atoms with Crippen molar-refractivity contribution in [2.24, 2.45) is 0 Å². The normalized spacial score (nSPS) is 10.6. The molecule has 2 aromatic carbocycles. The first-order valence-electron chi connectivity index (χ1n) is 5.98. The Morgan fingerprint density at radius 3 is 2.32 bits per heavy atom. The number of fused-ring (bicyclic) bond motifs is 1. The Bertz CT molecular complexity index is 723. The lowest BCUT2D eigenvalue weighted by atomic mass is 10.2. The third-order valence-corrected chi connectivity index (χ3v) is 3.24. The Morgan fingerprint density at radius 1 is 0.895 bits per heavy atom. The first-order chi connectivity index (χ1) is 9.24. The Balaban J connectivity index is 2.06. The third kappa shape index (κ3) is 2.37. The standard InChI is InChI=1S/C15H12ClN3/c1-10-6-8-11(9-7-10)17-15-13-5-3-2-4-12(13)14(16)18-19-15/h2-9H,1H3,(H,17,19). The highest BCUT2D eigenvalue weighted by Gasteiger charge is 2.07. The van der Waals surface area contributed by atoms with Crippen LogP contribution in [0.3, 0.4) is 0 Å². The minimum absolute atomic E-state index is 0.421. The van der Waals surface area contributed by atoms with Crippen molar-refractivity contribution in [1.82, 2.24) is 10.2 Å². The van der Waals surface area contributed by atoms with E-state index in [9.17, 15) is 0 Å². The van der Waals surface area contributed by atoms with Gasteiger partial charge in [-0.25, -0.2) is 0 Å². The topological polar surface area (TPSA) is 37.8 Å². The van der Waals surface area contributed by atoms with Crippen LogP contribution in [0.15, 0.2) is 48.5 Å². The van der Waals surface area contributed by atoms with Gasteiger partial charge in [0.25, 0.3) is 0 Å². The predicted octanol–water partition coefficient (Wildman–Crippen LogP) is 4.34. The second-order valence-electron chi connectivity index (χ2n) is 4.38. The van der Waals surface area contributed by atoms with Gasteiger partial charge in [0.1, 0.15) is 0 Å². The molecular formula is C15H12ClN3. The first kappa shape index (κ1) is 11.9. The fourth-order valence-corrected chi connectivity index (χ4v) is 2.14. The number of hydrogen-bond acceptors (Lipinski definition) is 3. The number of anilines is 2. The quantitative estimate of drug-likeness (QED) is 0.752. The summed E-state index contributed by atoms with van der Waals surface area (Å²) in [6.07, 6.45) is 0. The van der Waals surface area contributed by atoms with Gasteiger partial charge in [-0.1, -0.05) is 53.6 Å². The summed E-state index contributed by atoms with van der Waals surface area (Å²) in [5.41, 5.74) is 2.20. The van der Waals surface area contributed by atoms with Crippen molar-refractivity contribution in [3.8, 4) is 0 Å². The van der Waals surface area contributed by atoms with Crippen molar-refractivity contribution in [3.05, 3.63) is 59.2 Å². The first-order valence-corrected chi connectivity index (χ1v) is 6.36. The molecular weight excluding hydrogens is 258 g/mol. The summed E-state index contributed by atoms with van der Waals surface area (Å²) in [6.45, 7) is 2.06. The zero-order chi connectivity index (χ0) is 13.2. The fourth-order valence-electron chi connectivity index (χ4n) is 1.94. The molecule has 0 aliphatic carbocycles. The van der Waals surface area contributed by atoms with E-state index < -0.39 is 0 Å². The van der Waals surface area contributed by atoms with Gasteiger partial charge in [-0.2, -0.15) is 0 Å². The maximum atomic E-state index is 6.05. The lowest BCUT2D eigenvalue weighted by molar-refractivity contribution is 1.05. The van der Waals surface area contributed by atoms with Crippen LogP contribution in [0.2, 0.25) is 5.15 Å². The van der Waals surface area contributed by atoms with Crippen molar-refractivity contribution in [2.45, 2.75) is 6.92 Å². The fraction of sp³-hybridized carbons (Fsp3) is 0.0667. The van der Waals surface area contributed by atoms with E-state index in [0.717, 1.165) is 16.5 Å². The molecule has 0 aliphatic heterocycles. The smallest absolute Gasteiger partial charge is 0.161 e. The van der Waals surface area contributed by atoms with Crippen molar-refractivity contribution in [2.75, 3.05) is 5.32 Å². The van der Waals surface area contributed by atoms with Gasteiger partial charge in [0.05, 0.1) is 0 Å². The monoisotopic (exact) mass is 269 g/mol. The van der Waals surface area contributed by atoms with Crippen molar-refractivity contribution in [1.29, 1.82) is 0 Å². The Morgan fingerprint density at radius 2 is 1.58 bits per heavy atom. The Hall–Kier alpha value is -2.13. The molecule has 3 nitrogen and oxygen atoms in total. The summed E-state index contributed by atoms with van der Waals surface area (Å²) in [6, 6.07) is 15.9. The SMILES string of the molecule is Cc1ccc(Nc2nnc(Cl)c3ccccc23)cc1. The van der Waals surface area contributed by atoms with Gasteiger partial charge < -0.3 is 5.32 Å². The lowest BCUT2D eigenvalue weighted by Crippen LogP contribution is -1.97. The zero-order valence-corrected chi connectivity index (χ0v) is 11.1. The number of rotatable bonds is 2. The van der Waals surface area contributed by atoms with E-state index >= 15 is 0 Å². The van der Waals surface area contributed by atoms with Gasteiger partial charge >= 0.3 is 0 Å². The molecule has 0 aliphatic rings. The summed E-state index contributed by atoms with van der Waals surface area (Å²) in [4.78, 5) is 0. The molecule has 0 fully saturated rings. The van der Waals surface area contributed by atoms with Crippen LogP contribution in [0.25, 0.3) is 10.8 Å². The molecule has 0 amide bonds. The van der Waals surface area contributed by atoms with Crippen LogP contribution in [-0.4, -0.2) is 10.2 Å². The number of benzene rings is 2. The van der Waals surface area contributed by atoms with Gasteiger partial charge in [-0.15, -0.1) is 10.2 Å². The maximum absolute atomic E-state index is 6.05. The number of aryl methyl sites for hydroxylation is 1. The number of aromatic nitrogens is 2.